The van der Waals surface area contributed by atoms with E-state index in [9.17, 15) is 9.59 Å². The Kier molecular flexibility index (Phi) is 6.38. The van der Waals surface area contributed by atoms with Crippen LogP contribution in [0.25, 0.3) is 11.1 Å². The van der Waals surface area contributed by atoms with Crippen LogP contribution in [0.15, 0.2) is 53.0 Å². The molecule has 0 saturated heterocycles. The molecule has 7 heteroatoms. The molecule has 1 atom stereocenters. The monoisotopic (exact) mass is 422 g/mol. The first-order chi connectivity index (χ1) is 14.6. The van der Waals surface area contributed by atoms with Gasteiger partial charge in [0, 0.05) is 41.3 Å². The third-order valence-corrected chi connectivity index (χ3v) is 6.50. The van der Waals surface area contributed by atoms with Crippen molar-refractivity contribution in [2.75, 3.05) is 5.32 Å². The van der Waals surface area contributed by atoms with E-state index < -0.39 is 6.04 Å². The first kappa shape index (κ1) is 20.5. The van der Waals surface area contributed by atoms with E-state index in [0.29, 0.717) is 17.5 Å². The number of rotatable bonds is 6. The Morgan fingerprint density at radius 2 is 2.07 bits per heavy atom. The Balaban J connectivity index is 1.68. The van der Waals surface area contributed by atoms with Crippen LogP contribution >= 0.6 is 11.3 Å². The summed E-state index contributed by atoms with van der Waals surface area (Å²) in [6.07, 6.45) is 11.7. The Morgan fingerprint density at radius 3 is 2.73 bits per heavy atom. The van der Waals surface area contributed by atoms with Crippen LogP contribution in [-0.4, -0.2) is 20.4 Å². The van der Waals surface area contributed by atoms with Gasteiger partial charge in [0.25, 0.3) is 5.56 Å². The number of amides is 1. The number of carbonyl (C=O) groups is 1. The molecule has 156 valence electrons. The van der Waals surface area contributed by atoms with Crippen molar-refractivity contribution in [2.45, 2.75) is 51.5 Å². The van der Waals surface area contributed by atoms with Crippen LogP contribution in [0.1, 0.15) is 50.3 Å². The number of pyridine rings is 2. The quantitative estimate of drug-likeness (QED) is 0.617. The summed E-state index contributed by atoms with van der Waals surface area (Å²) in [6.45, 7) is 1.89. The molecule has 0 aromatic carbocycles. The van der Waals surface area contributed by atoms with Crippen molar-refractivity contribution in [3.63, 3.8) is 0 Å². The van der Waals surface area contributed by atoms with Gasteiger partial charge in [-0.2, -0.15) is 0 Å². The van der Waals surface area contributed by atoms with Gasteiger partial charge in [-0.05, 0) is 37.0 Å². The fourth-order valence-electron chi connectivity index (χ4n) is 4.35. The van der Waals surface area contributed by atoms with Gasteiger partial charge in [-0.25, -0.2) is 4.98 Å². The number of thiazole rings is 1. The third-order valence-electron chi connectivity index (χ3n) is 5.81. The molecule has 3 aromatic rings. The topological polar surface area (TPSA) is 76.9 Å². The Morgan fingerprint density at radius 1 is 1.23 bits per heavy atom. The lowest BCUT2D eigenvalue weighted by Crippen LogP contribution is -2.36. The predicted molar refractivity (Wildman–Crippen MR) is 120 cm³/mol. The van der Waals surface area contributed by atoms with Gasteiger partial charge in [-0.15, -0.1) is 11.3 Å². The van der Waals surface area contributed by atoms with Crippen molar-refractivity contribution in [2.24, 2.45) is 5.92 Å². The molecule has 1 N–H and O–H groups in total. The van der Waals surface area contributed by atoms with Crippen LogP contribution in [0.5, 0.6) is 0 Å². The molecule has 0 radical (unpaired) electrons. The molecule has 1 fully saturated rings. The van der Waals surface area contributed by atoms with Gasteiger partial charge in [-0.1, -0.05) is 38.2 Å². The molecule has 0 unspecified atom stereocenters. The highest BCUT2D eigenvalue weighted by atomic mass is 32.1. The van der Waals surface area contributed by atoms with Crippen molar-refractivity contribution in [3.8, 4) is 11.1 Å². The minimum Gasteiger partial charge on any atom is -0.300 e. The van der Waals surface area contributed by atoms with Gasteiger partial charge in [0.2, 0.25) is 5.91 Å². The van der Waals surface area contributed by atoms with Crippen LogP contribution in [0, 0.1) is 12.8 Å². The standard InChI is InChI=1S/C23H26N4O2S/c1-16-12-19(18-8-5-9-24-15-18)14-21(28)27(16)20(13-17-6-3-2-4-7-17)22(29)26-23-25-10-11-30-23/h5,8-12,14-15,17,20H,2-4,6-7,13H2,1H3,(H,25,26,29)/t20-/m0/s1. The molecular weight excluding hydrogens is 396 g/mol. The number of anilines is 1. The largest absolute Gasteiger partial charge is 0.300 e. The van der Waals surface area contributed by atoms with Crippen LogP contribution in [0.3, 0.4) is 0 Å². The Bertz CT molecular complexity index is 1040. The van der Waals surface area contributed by atoms with E-state index in [0.717, 1.165) is 29.7 Å². The number of aromatic nitrogens is 3. The van der Waals surface area contributed by atoms with E-state index in [1.54, 1.807) is 29.2 Å². The smallest absolute Gasteiger partial charge is 0.252 e. The molecule has 0 spiro atoms. The molecule has 6 nitrogen and oxygen atoms in total. The number of nitrogens with zero attached hydrogens (tertiary/aromatic N) is 3. The highest BCUT2D eigenvalue weighted by molar-refractivity contribution is 7.13. The molecule has 1 aliphatic rings. The van der Waals surface area contributed by atoms with E-state index in [-0.39, 0.29) is 11.5 Å². The third kappa shape index (κ3) is 4.67. The summed E-state index contributed by atoms with van der Waals surface area (Å²) in [7, 11) is 0. The van der Waals surface area contributed by atoms with Gasteiger partial charge >= 0.3 is 0 Å². The van der Waals surface area contributed by atoms with Crippen LogP contribution in [0.4, 0.5) is 5.13 Å². The predicted octanol–water partition coefficient (Wildman–Crippen LogP) is 4.83. The van der Waals surface area contributed by atoms with E-state index >= 15 is 0 Å². The summed E-state index contributed by atoms with van der Waals surface area (Å²) in [5.41, 5.74) is 2.32. The molecule has 0 aliphatic heterocycles. The zero-order chi connectivity index (χ0) is 20.9. The Hall–Kier alpha value is -2.80. The van der Waals surface area contributed by atoms with Crippen molar-refractivity contribution in [1.82, 2.24) is 14.5 Å². The summed E-state index contributed by atoms with van der Waals surface area (Å²) < 4.78 is 1.65. The second-order valence-corrected chi connectivity index (χ2v) is 8.81. The van der Waals surface area contributed by atoms with E-state index in [4.69, 9.17) is 0 Å². The molecule has 1 aliphatic carbocycles. The zero-order valence-corrected chi connectivity index (χ0v) is 17.9. The van der Waals surface area contributed by atoms with Crippen LogP contribution in [-0.2, 0) is 4.79 Å². The maximum atomic E-state index is 13.2. The van der Waals surface area contributed by atoms with Crippen LogP contribution in [0.2, 0.25) is 0 Å². The van der Waals surface area contributed by atoms with E-state index in [2.05, 4.69) is 15.3 Å². The Labute approximate surface area is 180 Å². The second-order valence-electron chi connectivity index (χ2n) is 7.92. The van der Waals surface area contributed by atoms with Crippen molar-refractivity contribution in [1.29, 1.82) is 0 Å². The maximum absolute atomic E-state index is 13.2. The lowest BCUT2D eigenvalue weighted by Gasteiger charge is -2.28. The molecule has 1 amide bonds. The van der Waals surface area contributed by atoms with Gasteiger partial charge in [-0.3, -0.25) is 14.6 Å². The number of aryl methyl sites for hydroxylation is 1. The molecule has 3 aromatic heterocycles. The summed E-state index contributed by atoms with van der Waals surface area (Å²) in [5, 5.41) is 5.30. The number of hydrogen-bond acceptors (Lipinski definition) is 5. The first-order valence-electron chi connectivity index (χ1n) is 10.5. The van der Waals surface area contributed by atoms with Gasteiger partial charge < -0.3 is 9.88 Å². The lowest BCUT2D eigenvalue weighted by atomic mass is 9.84. The number of hydrogen-bond donors (Lipinski definition) is 1. The summed E-state index contributed by atoms with van der Waals surface area (Å²) in [6, 6.07) is 6.80. The zero-order valence-electron chi connectivity index (χ0n) is 17.1. The number of nitrogens with one attached hydrogen (secondary N) is 1. The summed E-state index contributed by atoms with van der Waals surface area (Å²) in [4.78, 5) is 34.7. The summed E-state index contributed by atoms with van der Waals surface area (Å²) >= 11 is 1.38. The van der Waals surface area contributed by atoms with Crippen molar-refractivity contribution in [3.05, 3.63) is 64.3 Å². The molecule has 3 heterocycles. The highest BCUT2D eigenvalue weighted by Gasteiger charge is 2.28. The lowest BCUT2D eigenvalue weighted by molar-refractivity contribution is -0.120. The average molecular weight is 423 g/mol. The minimum absolute atomic E-state index is 0.163. The molecule has 0 bridgehead atoms. The van der Waals surface area contributed by atoms with E-state index in [1.165, 1.54) is 30.6 Å². The van der Waals surface area contributed by atoms with Crippen molar-refractivity contribution >= 4 is 22.4 Å². The normalized spacial score (nSPS) is 15.6. The van der Waals surface area contributed by atoms with Gasteiger partial charge in [0.15, 0.2) is 5.13 Å². The fraction of sp³-hybridized carbons (Fsp3) is 0.391. The molecule has 1 saturated carbocycles. The molecular formula is C23H26N4O2S. The second kappa shape index (κ2) is 9.34. The molecule has 4 rings (SSSR count). The van der Waals surface area contributed by atoms with E-state index in [1.807, 2.05) is 30.5 Å². The first-order valence-corrected chi connectivity index (χ1v) is 11.3. The van der Waals surface area contributed by atoms with Crippen molar-refractivity contribution < 1.29 is 4.79 Å². The maximum Gasteiger partial charge on any atom is 0.252 e. The highest BCUT2D eigenvalue weighted by Crippen LogP contribution is 2.32. The van der Waals surface area contributed by atoms with Gasteiger partial charge in [0.05, 0.1) is 0 Å². The van der Waals surface area contributed by atoms with Crippen LogP contribution < -0.4 is 10.9 Å². The SMILES string of the molecule is Cc1cc(-c2cccnc2)cc(=O)n1[C@@H](CC1CCCCC1)C(=O)Nc1nccs1. The molecule has 30 heavy (non-hydrogen) atoms. The summed E-state index contributed by atoms with van der Waals surface area (Å²) in [5.74, 6) is 0.282. The average Bonchev–Trinajstić information content (AvgIpc) is 3.27. The number of carbonyl (C=O) groups excluding carboxylic acids is 1. The van der Waals surface area contributed by atoms with Gasteiger partial charge in [0.1, 0.15) is 6.04 Å². The minimum atomic E-state index is -0.549. The fourth-order valence-corrected chi connectivity index (χ4v) is 4.89.